The Morgan fingerprint density at radius 2 is 1.91 bits per heavy atom. The van der Waals surface area contributed by atoms with Gasteiger partial charge >= 0.3 is 0 Å². The van der Waals surface area contributed by atoms with E-state index in [9.17, 15) is 10.1 Å². The molecule has 1 aliphatic rings. The quantitative estimate of drug-likeness (QED) is 0.658. The van der Waals surface area contributed by atoms with Crippen LogP contribution in [0, 0.1) is 23.2 Å². The molecule has 1 heterocycles. The van der Waals surface area contributed by atoms with Crippen LogP contribution in [-0.2, 0) is 4.79 Å². The average Bonchev–Trinajstić information content (AvgIpc) is 2.46. The number of nitrogens with one attached hydrogen (secondary N) is 1. The molecule has 1 N–H and O–H groups in total. The zero-order valence-electron chi connectivity index (χ0n) is 12.8. The Morgan fingerprint density at radius 3 is 2.45 bits per heavy atom. The van der Waals surface area contributed by atoms with E-state index in [1.54, 1.807) is 18.3 Å². The van der Waals surface area contributed by atoms with Crippen molar-refractivity contribution in [3.63, 3.8) is 0 Å². The second kappa shape index (κ2) is 7.46. The van der Waals surface area contributed by atoms with E-state index in [0.717, 1.165) is 17.6 Å². The minimum Gasteiger partial charge on any atom is -0.376 e. The Hall–Kier alpha value is -1.80. The number of anilines is 1. The van der Waals surface area contributed by atoms with Crippen LogP contribution in [0.5, 0.6) is 0 Å². The van der Waals surface area contributed by atoms with Crippen LogP contribution in [0.15, 0.2) is 40.5 Å². The fraction of sp³-hybridized carbons (Fsp3) is 0.412. The Bertz CT molecular complexity index is 593. The summed E-state index contributed by atoms with van der Waals surface area (Å²) >= 11 is 3.35. The third-order valence-corrected chi connectivity index (χ3v) is 4.20. The number of benzene rings is 1. The van der Waals surface area contributed by atoms with Gasteiger partial charge in [0.1, 0.15) is 11.6 Å². The summed E-state index contributed by atoms with van der Waals surface area (Å²) in [7, 11) is 0. The molecule has 4 nitrogen and oxygen atoms in total. The van der Waals surface area contributed by atoms with E-state index in [2.05, 4.69) is 40.0 Å². The van der Waals surface area contributed by atoms with Crippen LogP contribution < -0.4 is 5.32 Å². The number of carbonyl (C=O) groups excluding carboxylic acids is 1. The number of piperidine rings is 1. The molecule has 5 heteroatoms. The molecule has 1 aliphatic heterocycles. The van der Waals surface area contributed by atoms with Crippen LogP contribution in [0.1, 0.15) is 20.3 Å². The van der Waals surface area contributed by atoms with Gasteiger partial charge < -0.3 is 10.2 Å². The molecule has 2 atom stereocenters. The first kappa shape index (κ1) is 16.6. The summed E-state index contributed by atoms with van der Waals surface area (Å²) in [4.78, 5) is 14.3. The van der Waals surface area contributed by atoms with Crippen molar-refractivity contribution >= 4 is 27.5 Å². The number of nitriles is 1. The fourth-order valence-electron chi connectivity index (χ4n) is 2.87. The van der Waals surface area contributed by atoms with Gasteiger partial charge in [0.15, 0.2) is 0 Å². The predicted molar refractivity (Wildman–Crippen MR) is 91.0 cm³/mol. The first-order chi connectivity index (χ1) is 10.5. The summed E-state index contributed by atoms with van der Waals surface area (Å²) in [5.74, 6) is 0.791. The standard InChI is InChI=1S/C17H20BrN3O/c1-12-7-13(2)10-21(9-12)11-14(8-19)17(22)20-16-5-3-15(18)4-6-16/h3-6,11-13H,7,9-10H2,1-2H3,(H,20,22)/b14-11-. The van der Waals surface area contributed by atoms with E-state index in [-0.39, 0.29) is 11.5 Å². The summed E-state index contributed by atoms with van der Waals surface area (Å²) in [6, 6.07) is 9.29. The number of nitrogens with zero attached hydrogens (tertiary/aromatic N) is 2. The lowest BCUT2D eigenvalue weighted by atomic mass is 9.92. The van der Waals surface area contributed by atoms with Crippen molar-refractivity contribution in [2.75, 3.05) is 18.4 Å². The van der Waals surface area contributed by atoms with Crippen molar-refractivity contribution < 1.29 is 4.79 Å². The van der Waals surface area contributed by atoms with Gasteiger partial charge in [0.2, 0.25) is 0 Å². The highest BCUT2D eigenvalue weighted by molar-refractivity contribution is 9.10. The molecule has 2 rings (SSSR count). The second-order valence-corrected chi connectivity index (χ2v) is 6.93. The van der Waals surface area contributed by atoms with Crippen molar-refractivity contribution in [1.29, 1.82) is 5.26 Å². The zero-order valence-corrected chi connectivity index (χ0v) is 14.4. The molecule has 0 spiro atoms. The monoisotopic (exact) mass is 361 g/mol. The van der Waals surface area contributed by atoms with Crippen molar-refractivity contribution in [2.45, 2.75) is 20.3 Å². The molecule has 1 fully saturated rings. The molecule has 116 valence electrons. The smallest absolute Gasteiger partial charge is 0.267 e. The van der Waals surface area contributed by atoms with Gasteiger partial charge in [-0.1, -0.05) is 29.8 Å². The number of hydrogen-bond donors (Lipinski definition) is 1. The summed E-state index contributed by atoms with van der Waals surface area (Å²) in [5, 5.41) is 12.0. The third kappa shape index (κ3) is 4.60. The van der Waals surface area contributed by atoms with Gasteiger partial charge in [-0.25, -0.2) is 0 Å². The van der Waals surface area contributed by atoms with Gasteiger partial charge in [0.25, 0.3) is 5.91 Å². The molecular formula is C17H20BrN3O. The zero-order chi connectivity index (χ0) is 16.1. The number of amides is 1. The largest absolute Gasteiger partial charge is 0.376 e. The summed E-state index contributed by atoms with van der Waals surface area (Å²) in [5.41, 5.74) is 0.818. The first-order valence-corrected chi connectivity index (χ1v) is 8.20. The highest BCUT2D eigenvalue weighted by Gasteiger charge is 2.21. The number of carbonyl (C=O) groups is 1. The Balaban J connectivity index is 2.06. The van der Waals surface area contributed by atoms with Crippen LogP contribution in [0.3, 0.4) is 0 Å². The predicted octanol–water partition coefficient (Wildman–Crippen LogP) is 3.77. The van der Waals surface area contributed by atoms with Crippen molar-refractivity contribution in [3.8, 4) is 6.07 Å². The van der Waals surface area contributed by atoms with Crippen molar-refractivity contribution in [3.05, 3.63) is 40.5 Å². The maximum atomic E-state index is 12.2. The molecule has 2 unspecified atom stereocenters. The average molecular weight is 362 g/mol. The molecule has 1 saturated heterocycles. The number of rotatable bonds is 3. The summed E-state index contributed by atoms with van der Waals surface area (Å²) in [6.45, 7) is 6.18. The van der Waals surface area contributed by atoms with E-state index in [0.29, 0.717) is 17.5 Å². The van der Waals surface area contributed by atoms with Crippen LogP contribution in [-0.4, -0.2) is 23.9 Å². The lowest BCUT2D eigenvalue weighted by Gasteiger charge is -2.34. The van der Waals surface area contributed by atoms with E-state index < -0.39 is 0 Å². The molecular weight excluding hydrogens is 342 g/mol. The van der Waals surface area contributed by atoms with E-state index >= 15 is 0 Å². The van der Waals surface area contributed by atoms with Crippen LogP contribution in [0.2, 0.25) is 0 Å². The fourth-order valence-corrected chi connectivity index (χ4v) is 3.13. The molecule has 0 bridgehead atoms. The lowest BCUT2D eigenvalue weighted by molar-refractivity contribution is -0.112. The van der Waals surface area contributed by atoms with Gasteiger partial charge in [-0.15, -0.1) is 0 Å². The topological polar surface area (TPSA) is 56.1 Å². The maximum absolute atomic E-state index is 12.2. The first-order valence-electron chi connectivity index (χ1n) is 7.41. The van der Waals surface area contributed by atoms with Crippen LogP contribution >= 0.6 is 15.9 Å². The molecule has 1 aromatic rings. The van der Waals surface area contributed by atoms with Gasteiger partial charge in [0.05, 0.1) is 0 Å². The highest BCUT2D eigenvalue weighted by atomic mass is 79.9. The minimum absolute atomic E-state index is 0.143. The number of hydrogen-bond acceptors (Lipinski definition) is 3. The van der Waals surface area contributed by atoms with E-state index in [1.807, 2.05) is 18.2 Å². The highest BCUT2D eigenvalue weighted by Crippen LogP contribution is 2.22. The maximum Gasteiger partial charge on any atom is 0.267 e. The third-order valence-electron chi connectivity index (χ3n) is 3.68. The molecule has 1 amide bonds. The normalized spacial score (nSPS) is 22.1. The van der Waals surface area contributed by atoms with Crippen molar-refractivity contribution in [1.82, 2.24) is 4.90 Å². The summed E-state index contributed by atoms with van der Waals surface area (Å²) in [6.07, 6.45) is 2.89. The van der Waals surface area contributed by atoms with Gasteiger partial charge in [-0.05, 0) is 42.5 Å². The molecule has 1 aromatic carbocycles. The molecule has 0 aliphatic carbocycles. The van der Waals surface area contributed by atoms with E-state index in [1.165, 1.54) is 6.42 Å². The van der Waals surface area contributed by atoms with E-state index in [4.69, 9.17) is 0 Å². The van der Waals surface area contributed by atoms with Gasteiger partial charge in [-0.2, -0.15) is 5.26 Å². The molecule has 22 heavy (non-hydrogen) atoms. The minimum atomic E-state index is -0.365. The van der Waals surface area contributed by atoms with Crippen molar-refractivity contribution in [2.24, 2.45) is 11.8 Å². The lowest BCUT2D eigenvalue weighted by Crippen LogP contribution is -2.35. The van der Waals surface area contributed by atoms with Gasteiger partial charge in [-0.3, -0.25) is 4.79 Å². The summed E-state index contributed by atoms with van der Waals surface area (Å²) < 4.78 is 0.942. The second-order valence-electron chi connectivity index (χ2n) is 6.02. The Kier molecular flexibility index (Phi) is 5.62. The number of halogens is 1. The Morgan fingerprint density at radius 1 is 1.32 bits per heavy atom. The SMILES string of the molecule is CC1CC(C)CN(/C=C(/C#N)C(=O)Nc2ccc(Br)cc2)C1. The Labute approximate surface area is 139 Å². The molecule has 0 aromatic heterocycles. The van der Waals surface area contributed by atoms with Gasteiger partial charge in [0, 0.05) is 29.4 Å². The molecule has 0 radical (unpaired) electrons. The van der Waals surface area contributed by atoms with Crippen LogP contribution in [0.4, 0.5) is 5.69 Å². The number of likely N-dealkylation sites (tertiary alicyclic amines) is 1. The van der Waals surface area contributed by atoms with Crippen LogP contribution in [0.25, 0.3) is 0 Å². The molecule has 0 saturated carbocycles.